The van der Waals surface area contributed by atoms with Gasteiger partial charge in [0.05, 0.1) is 30.2 Å². The number of benzene rings is 1. The Hall–Kier alpha value is -1.82. The minimum absolute atomic E-state index is 0.148. The van der Waals surface area contributed by atoms with E-state index in [1.165, 1.54) is 10.1 Å². The highest BCUT2D eigenvalue weighted by molar-refractivity contribution is 7.03. The van der Waals surface area contributed by atoms with Crippen molar-refractivity contribution in [1.82, 2.24) is 4.49 Å². The van der Waals surface area contributed by atoms with E-state index in [0.717, 1.165) is 17.1 Å². The van der Waals surface area contributed by atoms with Gasteiger partial charge in [0, 0.05) is 17.1 Å². The smallest absolute Gasteiger partial charge is 0.245 e. The van der Waals surface area contributed by atoms with Gasteiger partial charge in [-0.15, -0.1) is 0 Å². The molecule has 0 saturated heterocycles. The maximum atomic E-state index is 11.6. The van der Waals surface area contributed by atoms with Crippen molar-refractivity contribution in [2.24, 2.45) is 0 Å². The SMILES string of the molecule is COc1cc(C)c(-[n+]2nscc2[O-])cc1OC. The van der Waals surface area contributed by atoms with Crippen LogP contribution in [-0.2, 0) is 0 Å². The van der Waals surface area contributed by atoms with Crippen LogP contribution in [0.3, 0.4) is 0 Å². The van der Waals surface area contributed by atoms with Gasteiger partial charge >= 0.3 is 0 Å². The maximum Gasteiger partial charge on any atom is 0.245 e. The van der Waals surface area contributed by atoms with E-state index >= 15 is 0 Å². The average molecular weight is 252 g/mol. The number of rotatable bonds is 3. The Balaban J connectivity index is 2.59. The number of methoxy groups -OCH3 is 2. The number of nitrogens with zero attached hydrogens (tertiary/aromatic N) is 2. The molecule has 0 atom stereocenters. The molecule has 0 saturated carbocycles. The van der Waals surface area contributed by atoms with Crippen molar-refractivity contribution in [3.63, 3.8) is 0 Å². The molecule has 0 spiro atoms. The molecule has 0 fully saturated rings. The number of hydrogen-bond donors (Lipinski definition) is 0. The van der Waals surface area contributed by atoms with Crippen LogP contribution < -0.4 is 19.3 Å². The highest BCUT2D eigenvalue weighted by Gasteiger charge is 2.18. The minimum atomic E-state index is -0.148. The lowest BCUT2D eigenvalue weighted by molar-refractivity contribution is -0.696. The van der Waals surface area contributed by atoms with E-state index in [0.29, 0.717) is 17.2 Å². The zero-order valence-electron chi connectivity index (χ0n) is 9.76. The normalized spacial score (nSPS) is 10.3. The third kappa shape index (κ3) is 2.03. The van der Waals surface area contributed by atoms with Gasteiger partial charge in [0.1, 0.15) is 0 Å². The Morgan fingerprint density at radius 1 is 1.24 bits per heavy atom. The molecule has 0 aliphatic heterocycles. The first-order valence-electron chi connectivity index (χ1n) is 4.94. The molecular formula is C11H12N2O3S. The van der Waals surface area contributed by atoms with Crippen molar-refractivity contribution < 1.29 is 19.3 Å². The summed E-state index contributed by atoms with van der Waals surface area (Å²) in [5, 5.41) is 13.0. The van der Waals surface area contributed by atoms with E-state index in [1.807, 2.05) is 13.0 Å². The highest BCUT2D eigenvalue weighted by atomic mass is 32.1. The molecule has 0 aliphatic rings. The van der Waals surface area contributed by atoms with E-state index in [9.17, 15) is 5.11 Å². The monoisotopic (exact) mass is 252 g/mol. The summed E-state index contributed by atoms with van der Waals surface area (Å²) >= 11 is 1.12. The van der Waals surface area contributed by atoms with Crippen LogP contribution in [0.25, 0.3) is 5.69 Å². The second kappa shape index (κ2) is 4.58. The number of ether oxygens (including phenoxy) is 2. The van der Waals surface area contributed by atoms with Gasteiger partial charge in [-0.1, -0.05) is 0 Å². The fraction of sp³-hybridized carbons (Fsp3) is 0.273. The van der Waals surface area contributed by atoms with Crippen molar-refractivity contribution >= 4 is 11.5 Å². The molecule has 0 amide bonds. The van der Waals surface area contributed by atoms with Crippen LogP contribution in [0.15, 0.2) is 17.5 Å². The van der Waals surface area contributed by atoms with Crippen LogP contribution in [0, 0.1) is 6.92 Å². The molecule has 1 aromatic carbocycles. The second-order valence-electron chi connectivity index (χ2n) is 3.45. The van der Waals surface area contributed by atoms with Crippen LogP contribution in [0.1, 0.15) is 5.56 Å². The van der Waals surface area contributed by atoms with Gasteiger partial charge in [-0.25, -0.2) is 0 Å². The first kappa shape index (κ1) is 11.7. The van der Waals surface area contributed by atoms with E-state index in [4.69, 9.17) is 9.47 Å². The molecule has 2 rings (SSSR count). The lowest BCUT2D eigenvalue weighted by Crippen LogP contribution is -2.36. The largest absolute Gasteiger partial charge is 0.820 e. The molecule has 1 aromatic heterocycles. The summed E-state index contributed by atoms with van der Waals surface area (Å²) in [6, 6.07) is 3.56. The standard InChI is InChI=1S/C11H12N2O3S/c1-7-4-9(15-2)10(16-3)5-8(7)13-11(14)6-17-12-13/h4-6H,1-3H3. The Labute approximate surface area is 103 Å². The molecule has 0 radical (unpaired) electrons. The summed E-state index contributed by atoms with van der Waals surface area (Å²) in [6.07, 6.45) is 0. The lowest BCUT2D eigenvalue weighted by Gasteiger charge is -2.09. The average Bonchev–Trinajstić information content (AvgIpc) is 2.75. The fourth-order valence-corrected chi connectivity index (χ4v) is 2.07. The number of aromatic nitrogens is 2. The van der Waals surface area contributed by atoms with Crippen LogP contribution >= 0.6 is 11.5 Å². The molecule has 1 heterocycles. The molecule has 6 heteroatoms. The topological polar surface area (TPSA) is 58.3 Å². The minimum Gasteiger partial charge on any atom is -0.820 e. The molecule has 0 bridgehead atoms. The first-order chi connectivity index (χ1) is 8.17. The first-order valence-corrected chi connectivity index (χ1v) is 5.77. The van der Waals surface area contributed by atoms with Crippen LogP contribution in [-0.4, -0.2) is 18.7 Å². The maximum absolute atomic E-state index is 11.6. The molecule has 0 N–H and O–H groups in total. The van der Waals surface area contributed by atoms with Crippen LogP contribution in [0.2, 0.25) is 0 Å². The second-order valence-corrected chi connectivity index (χ2v) is 4.06. The van der Waals surface area contributed by atoms with Crippen molar-refractivity contribution in [2.45, 2.75) is 6.92 Å². The van der Waals surface area contributed by atoms with E-state index < -0.39 is 0 Å². The zero-order chi connectivity index (χ0) is 12.4. The molecular weight excluding hydrogens is 240 g/mol. The molecule has 0 aliphatic carbocycles. The lowest BCUT2D eigenvalue weighted by atomic mass is 10.1. The Morgan fingerprint density at radius 3 is 2.41 bits per heavy atom. The van der Waals surface area contributed by atoms with Gasteiger partial charge < -0.3 is 14.6 Å². The van der Waals surface area contributed by atoms with Gasteiger partial charge in [0.2, 0.25) is 5.69 Å². The summed E-state index contributed by atoms with van der Waals surface area (Å²) in [5.74, 6) is 1.07. The van der Waals surface area contributed by atoms with E-state index in [2.05, 4.69) is 4.49 Å². The molecule has 90 valence electrons. The molecule has 0 unspecified atom stereocenters. The van der Waals surface area contributed by atoms with E-state index in [-0.39, 0.29) is 5.88 Å². The predicted molar refractivity (Wildman–Crippen MR) is 60.9 cm³/mol. The van der Waals surface area contributed by atoms with Crippen molar-refractivity contribution in [3.05, 3.63) is 23.1 Å². The Bertz CT molecular complexity index is 540. The van der Waals surface area contributed by atoms with Gasteiger partial charge in [-0.2, -0.15) is 0 Å². The van der Waals surface area contributed by atoms with Crippen LogP contribution in [0.5, 0.6) is 17.4 Å². The van der Waals surface area contributed by atoms with Gasteiger partial charge in [0.15, 0.2) is 17.4 Å². The highest BCUT2D eigenvalue weighted by Crippen LogP contribution is 2.30. The van der Waals surface area contributed by atoms with Crippen molar-refractivity contribution in [3.8, 4) is 23.1 Å². The van der Waals surface area contributed by atoms with Gasteiger partial charge in [0.25, 0.3) is 0 Å². The number of hydrogen-bond acceptors (Lipinski definition) is 5. The number of aryl methyl sites for hydroxylation is 1. The zero-order valence-corrected chi connectivity index (χ0v) is 10.6. The summed E-state index contributed by atoms with van der Waals surface area (Å²) in [5.41, 5.74) is 1.60. The molecule has 17 heavy (non-hydrogen) atoms. The van der Waals surface area contributed by atoms with Crippen LogP contribution in [0.4, 0.5) is 0 Å². The third-order valence-electron chi connectivity index (χ3n) is 2.42. The summed E-state index contributed by atoms with van der Waals surface area (Å²) in [6.45, 7) is 1.89. The van der Waals surface area contributed by atoms with Gasteiger partial charge in [-0.3, -0.25) is 0 Å². The fourth-order valence-electron chi connectivity index (χ4n) is 1.57. The van der Waals surface area contributed by atoms with Crippen molar-refractivity contribution in [1.29, 1.82) is 0 Å². The predicted octanol–water partition coefficient (Wildman–Crippen LogP) is 0.819. The van der Waals surface area contributed by atoms with E-state index in [1.54, 1.807) is 20.3 Å². The summed E-state index contributed by atoms with van der Waals surface area (Å²) in [4.78, 5) is 0. The quantitative estimate of drug-likeness (QED) is 0.759. The summed E-state index contributed by atoms with van der Waals surface area (Å²) in [7, 11) is 3.13. The van der Waals surface area contributed by atoms with Crippen molar-refractivity contribution in [2.75, 3.05) is 14.2 Å². The molecule has 5 nitrogen and oxygen atoms in total. The van der Waals surface area contributed by atoms with Gasteiger partial charge in [-0.05, 0) is 17.7 Å². The third-order valence-corrected chi connectivity index (χ3v) is 2.99. The Kier molecular flexibility index (Phi) is 3.14. The summed E-state index contributed by atoms with van der Waals surface area (Å²) < 4.78 is 15.8. The Morgan fingerprint density at radius 2 is 1.88 bits per heavy atom. The molecule has 2 aromatic rings.